The Morgan fingerprint density at radius 2 is 2.00 bits per heavy atom. The number of phenols is 1. The van der Waals surface area contributed by atoms with E-state index in [1.165, 1.54) is 17.6 Å². The summed E-state index contributed by atoms with van der Waals surface area (Å²) >= 11 is 0. The van der Waals surface area contributed by atoms with Crippen LogP contribution in [0.2, 0.25) is 0 Å². The van der Waals surface area contributed by atoms with Gasteiger partial charge in [-0.3, -0.25) is 0 Å². The number of benzene rings is 2. The van der Waals surface area contributed by atoms with Gasteiger partial charge in [0.2, 0.25) is 0 Å². The molecule has 0 saturated heterocycles. The van der Waals surface area contributed by atoms with Crippen LogP contribution in [-0.4, -0.2) is 21.6 Å². The van der Waals surface area contributed by atoms with Crippen LogP contribution in [0.25, 0.3) is 10.9 Å². The smallest absolute Gasteiger partial charge is 0.144 e. The van der Waals surface area contributed by atoms with Gasteiger partial charge in [-0.1, -0.05) is 18.2 Å². The molecule has 0 fully saturated rings. The summed E-state index contributed by atoms with van der Waals surface area (Å²) in [5.74, 6) is 0.880. The lowest BCUT2D eigenvalue weighted by atomic mass is 10.1. The summed E-state index contributed by atoms with van der Waals surface area (Å²) in [6.45, 7) is 0.881. The van der Waals surface area contributed by atoms with Crippen molar-refractivity contribution in [3.63, 3.8) is 0 Å². The molecule has 3 N–H and O–H groups in total. The predicted octanol–water partition coefficient (Wildman–Crippen LogP) is 2.61. The van der Waals surface area contributed by atoms with Crippen LogP contribution in [0, 0.1) is 0 Å². The second-order valence-electron chi connectivity index (χ2n) is 5.16. The molecule has 1 aliphatic heterocycles. The third-order valence-electron chi connectivity index (χ3n) is 3.91. The highest BCUT2D eigenvalue weighted by molar-refractivity contribution is 5.95. The van der Waals surface area contributed by atoms with Gasteiger partial charge in [-0.05, 0) is 24.1 Å². The van der Waals surface area contributed by atoms with Crippen molar-refractivity contribution in [1.29, 1.82) is 0 Å². The molecule has 0 spiro atoms. The molecule has 1 aliphatic rings. The van der Waals surface area contributed by atoms with Gasteiger partial charge in [0.05, 0.1) is 11.2 Å². The second kappa shape index (κ2) is 4.34. The van der Waals surface area contributed by atoms with Gasteiger partial charge in [0.1, 0.15) is 17.9 Å². The van der Waals surface area contributed by atoms with Crippen LogP contribution in [0.4, 0.5) is 17.2 Å². The Labute approximate surface area is 121 Å². The van der Waals surface area contributed by atoms with Crippen molar-refractivity contribution < 1.29 is 5.11 Å². The number of phenolic OH excluding ortho intramolecular Hbond substituents is 1. The molecule has 0 aliphatic carbocycles. The lowest BCUT2D eigenvalue weighted by Crippen LogP contribution is -2.15. The molecule has 0 amide bonds. The Kier molecular flexibility index (Phi) is 2.47. The van der Waals surface area contributed by atoms with Gasteiger partial charge in [-0.25, -0.2) is 9.97 Å². The highest BCUT2D eigenvalue weighted by Crippen LogP contribution is 2.37. The normalized spacial score (nSPS) is 13.6. The largest absolute Gasteiger partial charge is 0.506 e. The number of aromatic nitrogens is 2. The average Bonchev–Trinajstić information content (AvgIpc) is 2.92. The summed E-state index contributed by atoms with van der Waals surface area (Å²) in [5, 5.41) is 10.6. The highest BCUT2D eigenvalue weighted by atomic mass is 16.3. The molecule has 21 heavy (non-hydrogen) atoms. The lowest BCUT2D eigenvalue weighted by Gasteiger charge is -2.20. The van der Waals surface area contributed by atoms with Gasteiger partial charge in [-0.15, -0.1) is 0 Å². The summed E-state index contributed by atoms with van der Waals surface area (Å²) < 4.78 is 0. The van der Waals surface area contributed by atoms with E-state index in [2.05, 4.69) is 33.1 Å². The number of hydrogen-bond donors (Lipinski definition) is 2. The monoisotopic (exact) mass is 278 g/mol. The number of aromatic hydroxyl groups is 1. The van der Waals surface area contributed by atoms with Crippen molar-refractivity contribution in [3.05, 3.63) is 48.3 Å². The molecule has 2 aromatic carbocycles. The molecule has 104 valence electrons. The Hall–Kier alpha value is -2.82. The number of rotatable bonds is 1. The SMILES string of the molecule is Nc1cc2c(N3CCc4ccccc43)ncnc2cc1O. The Balaban J connectivity index is 1.94. The maximum Gasteiger partial charge on any atom is 0.144 e. The number of nitrogens with two attached hydrogens (primary N) is 1. The van der Waals surface area contributed by atoms with Crippen LogP contribution in [0.1, 0.15) is 5.56 Å². The van der Waals surface area contributed by atoms with E-state index in [0.29, 0.717) is 11.2 Å². The van der Waals surface area contributed by atoms with Gasteiger partial charge in [-0.2, -0.15) is 0 Å². The first kappa shape index (κ1) is 12.0. The van der Waals surface area contributed by atoms with E-state index >= 15 is 0 Å². The van der Waals surface area contributed by atoms with Crippen molar-refractivity contribution in [2.45, 2.75) is 6.42 Å². The molecule has 2 heterocycles. The number of para-hydroxylation sites is 1. The zero-order chi connectivity index (χ0) is 14.4. The fraction of sp³-hybridized carbons (Fsp3) is 0.125. The van der Waals surface area contributed by atoms with Crippen molar-refractivity contribution in [2.24, 2.45) is 0 Å². The summed E-state index contributed by atoms with van der Waals surface area (Å²) in [4.78, 5) is 10.8. The van der Waals surface area contributed by atoms with Gasteiger partial charge >= 0.3 is 0 Å². The molecule has 1 aromatic heterocycles. The number of fused-ring (bicyclic) bond motifs is 2. The first-order chi connectivity index (χ1) is 10.2. The first-order valence-electron chi connectivity index (χ1n) is 6.82. The molecular formula is C16H14N4O. The van der Waals surface area contributed by atoms with E-state index < -0.39 is 0 Å². The van der Waals surface area contributed by atoms with Crippen LogP contribution in [0.15, 0.2) is 42.7 Å². The first-order valence-corrected chi connectivity index (χ1v) is 6.82. The van der Waals surface area contributed by atoms with E-state index in [4.69, 9.17) is 5.73 Å². The standard InChI is InChI=1S/C16H14N4O/c17-12-7-11-13(8-15(12)21)18-9-19-16(11)20-6-5-10-3-1-2-4-14(10)20/h1-4,7-9,21H,5-6,17H2. The molecular weight excluding hydrogens is 264 g/mol. The van der Waals surface area contributed by atoms with E-state index in [1.54, 1.807) is 12.1 Å². The van der Waals surface area contributed by atoms with E-state index in [0.717, 1.165) is 24.2 Å². The fourth-order valence-corrected chi connectivity index (χ4v) is 2.87. The maximum atomic E-state index is 9.73. The van der Waals surface area contributed by atoms with Crippen LogP contribution >= 0.6 is 0 Å². The van der Waals surface area contributed by atoms with E-state index in [-0.39, 0.29) is 5.75 Å². The van der Waals surface area contributed by atoms with Gasteiger partial charge in [0, 0.05) is 23.7 Å². The molecule has 0 saturated carbocycles. The summed E-state index contributed by atoms with van der Waals surface area (Å²) in [6.07, 6.45) is 2.52. The van der Waals surface area contributed by atoms with Crippen molar-refractivity contribution in [1.82, 2.24) is 9.97 Å². The minimum Gasteiger partial charge on any atom is -0.506 e. The zero-order valence-corrected chi connectivity index (χ0v) is 11.3. The number of anilines is 3. The van der Waals surface area contributed by atoms with Crippen LogP contribution in [0.5, 0.6) is 5.75 Å². The Bertz CT molecular complexity index is 847. The number of nitrogens with zero attached hydrogens (tertiary/aromatic N) is 3. The molecule has 5 heteroatoms. The van der Waals surface area contributed by atoms with Crippen LogP contribution < -0.4 is 10.6 Å². The second-order valence-corrected chi connectivity index (χ2v) is 5.16. The Morgan fingerprint density at radius 1 is 1.14 bits per heavy atom. The highest BCUT2D eigenvalue weighted by Gasteiger charge is 2.22. The minimum absolute atomic E-state index is 0.0500. The average molecular weight is 278 g/mol. The van der Waals surface area contributed by atoms with Crippen molar-refractivity contribution in [3.8, 4) is 5.75 Å². The minimum atomic E-state index is 0.0500. The third kappa shape index (κ3) is 1.78. The summed E-state index contributed by atoms with van der Waals surface area (Å²) in [6, 6.07) is 11.6. The van der Waals surface area contributed by atoms with Crippen molar-refractivity contribution >= 4 is 28.1 Å². The number of hydrogen-bond acceptors (Lipinski definition) is 5. The van der Waals surface area contributed by atoms with Crippen molar-refractivity contribution in [2.75, 3.05) is 17.2 Å². The molecule has 5 nitrogen and oxygen atoms in total. The van der Waals surface area contributed by atoms with Crippen LogP contribution in [-0.2, 0) is 6.42 Å². The van der Waals surface area contributed by atoms with Gasteiger partial charge < -0.3 is 15.7 Å². The topological polar surface area (TPSA) is 75.3 Å². The fourth-order valence-electron chi connectivity index (χ4n) is 2.87. The van der Waals surface area contributed by atoms with Crippen LogP contribution in [0.3, 0.4) is 0 Å². The summed E-state index contributed by atoms with van der Waals surface area (Å²) in [5.41, 5.74) is 9.34. The predicted molar refractivity (Wildman–Crippen MR) is 82.8 cm³/mol. The maximum absolute atomic E-state index is 9.73. The number of nitrogen functional groups attached to an aromatic ring is 1. The molecule has 0 bridgehead atoms. The Morgan fingerprint density at radius 3 is 2.90 bits per heavy atom. The molecule has 3 aromatic rings. The molecule has 4 rings (SSSR count). The van der Waals surface area contributed by atoms with E-state index in [9.17, 15) is 5.11 Å². The summed E-state index contributed by atoms with van der Waals surface area (Å²) in [7, 11) is 0. The van der Waals surface area contributed by atoms with Gasteiger partial charge in [0.25, 0.3) is 0 Å². The molecule has 0 radical (unpaired) electrons. The lowest BCUT2D eigenvalue weighted by molar-refractivity contribution is 0.478. The quantitative estimate of drug-likeness (QED) is 0.528. The van der Waals surface area contributed by atoms with E-state index in [1.807, 2.05) is 6.07 Å². The molecule has 0 atom stereocenters. The van der Waals surface area contributed by atoms with Gasteiger partial charge in [0.15, 0.2) is 0 Å². The zero-order valence-electron chi connectivity index (χ0n) is 11.3. The third-order valence-corrected chi connectivity index (χ3v) is 3.91. The molecule has 0 unspecified atom stereocenters.